The van der Waals surface area contributed by atoms with Gasteiger partial charge in [0.05, 0.1) is 11.4 Å². The van der Waals surface area contributed by atoms with Crippen molar-refractivity contribution in [2.45, 2.75) is 44.2 Å². The van der Waals surface area contributed by atoms with Crippen LogP contribution in [0, 0.1) is 18.8 Å². The van der Waals surface area contributed by atoms with E-state index < -0.39 is 0 Å². The monoisotopic (exact) mass is 371 g/mol. The minimum absolute atomic E-state index is 0.207. The molecule has 1 aromatic heterocycles. The molecule has 1 saturated carbocycles. The van der Waals surface area contributed by atoms with E-state index >= 15 is 0 Å². The maximum absolute atomic E-state index is 12.7. The van der Waals surface area contributed by atoms with E-state index in [0.717, 1.165) is 30.3 Å². The number of carbonyl (C=O) groups excluding carboxylic acids is 1. The van der Waals surface area contributed by atoms with Crippen LogP contribution < -0.4 is 0 Å². The van der Waals surface area contributed by atoms with Crippen molar-refractivity contribution < 1.29 is 4.79 Å². The number of tetrazole rings is 1. The van der Waals surface area contributed by atoms with E-state index in [1.165, 1.54) is 43.9 Å². The summed E-state index contributed by atoms with van der Waals surface area (Å²) in [5, 5.41) is 12.7. The molecule has 1 aromatic carbocycles. The summed E-state index contributed by atoms with van der Waals surface area (Å²) >= 11 is 1.42. The molecule has 4 rings (SSSR count). The molecule has 0 unspecified atom stereocenters. The second-order valence-corrected chi connectivity index (χ2v) is 8.32. The lowest BCUT2D eigenvalue weighted by molar-refractivity contribution is -0.131. The molecule has 1 saturated heterocycles. The van der Waals surface area contributed by atoms with Crippen molar-refractivity contribution in [1.29, 1.82) is 0 Å². The third-order valence-corrected chi connectivity index (χ3v) is 6.66. The first-order valence-electron chi connectivity index (χ1n) is 9.47. The first-order valence-corrected chi connectivity index (χ1v) is 10.5. The van der Waals surface area contributed by atoms with Crippen LogP contribution in [0.1, 0.15) is 37.7 Å². The number of hydrogen-bond acceptors (Lipinski definition) is 5. The minimum atomic E-state index is 0.207. The zero-order chi connectivity index (χ0) is 17.9. The molecule has 0 bridgehead atoms. The van der Waals surface area contributed by atoms with Crippen LogP contribution in [0.15, 0.2) is 29.4 Å². The normalized spacial score (nSPS) is 22.9. The summed E-state index contributed by atoms with van der Waals surface area (Å²) in [5.41, 5.74) is 2.06. The second-order valence-electron chi connectivity index (χ2n) is 7.38. The van der Waals surface area contributed by atoms with Crippen LogP contribution in [0.3, 0.4) is 0 Å². The van der Waals surface area contributed by atoms with Gasteiger partial charge in [0.1, 0.15) is 0 Å². The van der Waals surface area contributed by atoms with Crippen molar-refractivity contribution in [3.05, 3.63) is 29.8 Å². The number of para-hydroxylation sites is 1. The van der Waals surface area contributed by atoms with Crippen LogP contribution >= 0.6 is 11.8 Å². The summed E-state index contributed by atoms with van der Waals surface area (Å²) in [6.45, 7) is 3.88. The summed E-state index contributed by atoms with van der Waals surface area (Å²) in [7, 11) is 0. The fourth-order valence-corrected chi connectivity index (χ4v) is 5.05. The molecule has 2 heterocycles. The lowest BCUT2D eigenvalue weighted by atomic mass is 9.75. The van der Waals surface area contributed by atoms with Crippen LogP contribution in [0.25, 0.3) is 5.69 Å². The molecule has 0 spiro atoms. The Hall–Kier alpha value is -1.89. The molecule has 2 fully saturated rings. The highest BCUT2D eigenvalue weighted by molar-refractivity contribution is 7.99. The predicted molar refractivity (Wildman–Crippen MR) is 101 cm³/mol. The van der Waals surface area contributed by atoms with Gasteiger partial charge in [-0.05, 0) is 53.7 Å². The largest absolute Gasteiger partial charge is 0.342 e. The average Bonchev–Trinajstić information content (AvgIpc) is 3.14. The number of thioether (sulfide) groups is 1. The molecule has 2 atom stereocenters. The highest BCUT2D eigenvalue weighted by Gasteiger charge is 2.32. The molecule has 1 amide bonds. The van der Waals surface area contributed by atoms with Gasteiger partial charge < -0.3 is 4.90 Å². The van der Waals surface area contributed by atoms with Crippen LogP contribution in [0.4, 0.5) is 0 Å². The summed E-state index contributed by atoms with van der Waals surface area (Å²) in [4.78, 5) is 14.8. The molecule has 2 aliphatic rings. The molecule has 2 aromatic rings. The van der Waals surface area contributed by atoms with Gasteiger partial charge in [0, 0.05) is 13.1 Å². The summed E-state index contributed by atoms with van der Waals surface area (Å²) < 4.78 is 1.72. The fraction of sp³-hybridized carbons (Fsp3) is 0.579. The second kappa shape index (κ2) is 7.78. The number of fused-ring (bicyclic) bond motifs is 1. The molecule has 0 N–H and O–H groups in total. The number of rotatable bonds is 4. The standard InChI is InChI=1S/C19H25N5OS/c1-14-6-2-5-9-17(14)24-19(20-21-22-24)26-13-18(25)23-11-10-15-7-3-4-8-16(15)12-23/h2,5-6,9,15-16H,3-4,7-8,10-13H2,1H3/t15-,16+/m1/s1. The van der Waals surface area contributed by atoms with Crippen molar-refractivity contribution in [2.24, 2.45) is 11.8 Å². The molecule has 7 heteroatoms. The average molecular weight is 372 g/mol. The number of nitrogens with zero attached hydrogens (tertiary/aromatic N) is 5. The van der Waals surface area contributed by atoms with Crippen molar-refractivity contribution in [1.82, 2.24) is 25.1 Å². The van der Waals surface area contributed by atoms with E-state index in [9.17, 15) is 4.79 Å². The number of piperidine rings is 1. The number of carbonyl (C=O) groups is 1. The van der Waals surface area contributed by atoms with Gasteiger partial charge in [0.15, 0.2) is 0 Å². The molecule has 0 radical (unpaired) electrons. The smallest absolute Gasteiger partial charge is 0.233 e. The Morgan fingerprint density at radius 2 is 2.00 bits per heavy atom. The number of amides is 1. The van der Waals surface area contributed by atoms with Gasteiger partial charge in [-0.15, -0.1) is 5.10 Å². The minimum Gasteiger partial charge on any atom is -0.342 e. The van der Waals surface area contributed by atoms with Crippen molar-refractivity contribution in [2.75, 3.05) is 18.8 Å². The quantitative estimate of drug-likeness (QED) is 0.773. The van der Waals surface area contributed by atoms with E-state index in [2.05, 4.69) is 20.4 Å². The maximum atomic E-state index is 12.7. The zero-order valence-corrected chi connectivity index (χ0v) is 16.0. The van der Waals surface area contributed by atoms with Gasteiger partial charge in [-0.2, -0.15) is 4.68 Å². The third kappa shape index (κ3) is 3.63. The van der Waals surface area contributed by atoms with Gasteiger partial charge in [-0.3, -0.25) is 4.79 Å². The zero-order valence-electron chi connectivity index (χ0n) is 15.2. The van der Waals surface area contributed by atoms with Crippen molar-refractivity contribution in [3.63, 3.8) is 0 Å². The molecular formula is C19H25N5OS. The first-order chi connectivity index (χ1) is 12.7. The molecular weight excluding hydrogens is 346 g/mol. The van der Waals surface area contributed by atoms with Crippen LogP contribution in [-0.2, 0) is 4.79 Å². The highest BCUT2D eigenvalue weighted by Crippen LogP contribution is 2.36. The highest BCUT2D eigenvalue weighted by atomic mass is 32.2. The Balaban J connectivity index is 1.38. The molecule has 1 aliphatic heterocycles. The number of aromatic nitrogens is 4. The Kier molecular flexibility index (Phi) is 5.24. The Labute approximate surface area is 158 Å². The fourth-order valence-electron chi connectivity index (χ4n) is 4.27. The van der Waals surface area contributed by atoms with E-state index in [1.807, 2.05) is 31.2 Å². The van der Waals surface area contributed by atoms with Gasteiger partial charge in [-0.1, -0.05) is 49.2 Å². The maximum Gasteiger partial charge on any atom is 0.233 e. The Morgan fingerprint density at radius 1 is 1.19 bits per heavy atom. The van der Waals surface area contributed by atoms with E-state index in [0.29, 0.717) is 16.8 Å². The summed E-state index contributed by atoms with van der Waals surface area (Å²) in [5.74, 6) is 2.15. The van der Waals surface area contributed by atoms with Gasteiger partial charge in [0.25, 0.3) is 0 Å². The van der Waals surface area contributed by atoms with Gasteiger partial charge in [-0.25, -0.2) is 0 Å². The number of hydrogen-bond donors (Lipinski definition) is 0. The van der Waals surface area contributed by atoms with Gasteiger partial charge in [0.2, 0.25) is 11.1 Å². The number of aryl methyl sites for hydroxylation is 1. The molecule has 26 heavy (non-hydrogen) atoms. The number of benzene rings is 1. The summed E-state index contributed by atoms with van der Waals surface area (Å²) in [6.07, 6.45) is 6.50. The summed E-state index contributed by atoms with van der Waals surface area (Å²) in [6, 6.07) is 7.99. The van der Waals surface area contributed by atoms with E-state index in [1.54, 1.807) is 4.68 Å². The topological polar surface area (TPSA) is 63.9 Å². The lowest BCUT2D eigenvalue weighted by Gasteiger charge is -2.41. The third-order valence-electron chi connectivity index (χ3n) is 5.75. The predicted octanol–water partition coefficient (Wildman–Crippen LogP) is 3.10. The molecule has 138 valence electrons. The lowest BCUT2D eigenvalue weighted by Crippen LogP contribution is -2.45. The van der Waals surface area contributed by atoms with Crippen LogP contribution in [0.2, 0.25) is 0 Å². The van der Waals surface area contributed by atoms with Crippen LogP contribution in [0.5, 0.6) is 0 Å². The Bertz CT molecular complexity index is 777. The SMILES string of the molecule is Cc1ccccc1-n1nnnc1SCC(=O)N1CC[C@H]2CCCC[C@H]2C1. The van der Waals surface area contributed by atoms with Crippen LogP contribution in [-0.4, -0.2) is 49.9 Å². The molecule has 1 aliphatic carbocycles. The first kappa shape index (κ1) is 17.5. The van der Waals surface area contributed by atoms with Crippen molar-refractivity contribution >= 4 is 17.7 Å². The van der Waals surface area contributed by atoms with Crippen molar-refractivity contribution in [3.8, 4) is 5.69 Å². The van der Waals surface area contributed by atoms with E-state index in [-0.39, 0.29) is 5.91 Å². The number of likely N-dealkylation sites (tertiary alicyclic amines) is 1. The Morgan fingerprint density at radius 3 is 2.85 bits per heavy atom. The van der Waals surface area contributed by atoms with Gasteiger partial charge >= 0.3 is 0 Å². The molecule has 6 nitrogen and oxygen atoms in total. The van der Waals surface area contributed by atoms with E-state index in [4.69, 9.17) is 0 Å².